The third-order valence-corrected chi connectivity index (χ3v) is 0.474. The van der Waals surface area contributed by atoms with Gasteiger partial charge >= 0.3 is 6.18 Å². The summed E-state index contributed by atoms with van der Waals surface area (Å²) in [5, 5.41) is 7.76. The molecule has 0 aromatic carbocycles. The Morgan fingerprint density at radius 3 is 1.50 bits per heavy atom. The molecule has 0 fully saturated rings. The Hall–Kier alpha value is 0.840. The van der Waals surface area contributed by atoms with Crippen LogP contribution in [0, 0.1) is 0 Å². The topological polar surface area (TPSA) is 20.2 Å². The van der Waals surface area contributed by atoms with E-state index in [0.717, 1.165) is 0 Å². The lowest BCUT2D eigenvalue weighted by Gasteiger charge is -2.06. The minimum atomic E-state index is -4.44. The number of hydrogen-bond acceptors (Lipinski definition) is 1. The Labute approximate surface area is 71.4 Å². The van der Waals surface area contributed by atoms with Crippen LogP contribution in [-0.2, 0) is 0 Å². The largest absolute Gasteiger partial charge is 0.414 e. The lowest BCUT2D eigenvalue weighted by Crippen LogP contribution is -2.24. The molecule has 0 saturated heterocycles. The van der Waals surface area contributed by atoms with E-state index in [1.807, 2.05) is 0 Å². The highest BCUT2D eigenvalue weighted by Gasteiger charge is 2.33. The van der Waals surface area contributed by atoms with Crippen molar-refractivity contribution in [3.05, 3.63) is 0 Å². The molecule has 1 N–H and O–H groups in total. The normalized spacial score (nSPS) is 12.3. The van der Waals surface area contributed by atoms with Gasteiger partial charge in [-0.25, -0.2) is 0 Å². The molecule has 2 unspecified atom stereocenters. The molecule has 0 saturated carbocycles. The van der Waals surface area contributed by atoms with Crippen LogP contribution in [-0.4, -0.2) is 17.4 Å². The predicted octanol–water partition coefficient (Wildman–Crippen LogP) is 2.29. The molecule has 0 radical (unpaired) electrons. The minimum absolute atomic E-state index is 0. The number of rotatable bonds is 0. The second-order valence-electron chi connectivity index (χ2n) is 1.22. The zero-order chi connectivity index (χ0) is 8.08. The highest BCUT2D eigenvalue weighted by molar-refractivity contribution is 14.2. The molecule has 0 aliphatic heterocycles. The lowest BCUT2D eigenvalue weighted by atomic mass is 10.4. The highest BCUT2D eigenvalue weighted by Crippen LogP contribution is 2.18. The third-order valence-electron chi connectivity index (χ3n) is 0.474. The molecule has 0 aromatic heterocycles. The number of halogens is 5. The zero-order valence-electron chi connectivity index (χ0n) is 5.02. The quantitative estimate of drug-likeness (QED) is 0.413. The van der Waals surface area contributed by atoms with Crippen LogP contribution < -0.4 is 0 Å². The molecule has 7 heteroatoms. The van der Waals surface area contributed by atoms with Crippen LogP contribution in [0.4, 0.5) is 17.9 Å². The van der Waals surface area contributed by atoms with Crippen molar-refractivity contribution in [2.24, 2.45) is 0 Å². The van der Waals surface area contributed by atoms with Crippen molar-refractivity contribution < 1.29 is 23.0 Å². The van der Waals surface area contributed by atoms with E-state index >= 15 is 0 Å². The van der Waals surface area contributed by atoms with Gasteiger partial charge in [0, 0.05) is 0 Å². The van der Waals surface area contributed by atoms with Gasteiger partial charge in [0.05, 0.1) is 0 Å². The lowest BCUT2D eigenvalue weighted by molar-refractivity contribution is -0.197. The third kappa shape index (κ3) is 11.6. The van der Waals surface area contributed by atoms with Gasteiger partial charge in [-0.1, -0.05) is 28.9 Å². The van der Waals surface area contributed by atoms with Gasteiger partial charge in [-0.15, -0.1) is 0 Å². The van der Waals surface area contributed by atoms with Crippen molar-refractivity contribution in [2.75, 3.05) is 0 Å². The molecule has 66 valence electrons. The minimum Gasteiger partial charge on any atom is -0.384 e. The van der Waals surface area contributed by atoms with E-state index in [1.54, 1.807) is 0 Å². The van der Waals surface area contributed by atoms with Gasteiger partial charge in [-0.05, 0) is 6.92 Å². The Kier molecular flexibility index (Phi) is 13.6. The second-order valence-corrected chi connectivity index (χ2v) is 1.22. The van der Waals surface area contributed by atoms with E-state index < -0.39 is 12.3 Å². The molecular weight excluding hydrogens is 286 g/mol. The maximum absolute atomic E-state index is 10.9. The molecule has 0 amide bonds. The predicted molar refractivity (Wildman–Crippen MR) is 44.0 cm³/mol. The smallest absolute Gasteiger partial charge is 0.384 e. The van der Waals surface area contributed by atoms with Crippen LogP contribution in [0.2, 0.25) is 0 Å². The summed E-state index contributed by atoms with van der Waals surface area (Å²) >= 11 is 2.07. The fourth-order valence-electron chi connectivity index (χ4n) is 0. The summed E-state index contributed by atoms with van der Waals surface area (Å²) in [5.41, 5.74) is 0. The molecule has 1 nitrogen and oxygen atoms in total. The summed E-state index contributed by atoms with van der Waals surface area (Å²) in [6.45, 7) is 3.07. The van der Waals surface area contributed by atoms with Crippen molar-refractivity contribution in [1.82, 2.24) is 0 Å². The van der Waals surface area contributed by atoms with Gasteiger partial charge in [-0.2, -0.15) is 13.2 Å². The Morgan fingerprint density at radius 1 is 1.40 bits per heavy atom. The van der Waals surface area contributed by atoms with E-state index in [1.165, 1.54) is 0 Å². The maximum Gasteiger partial charge on any atom is 0.414 e. The molecule has 0 heterocycles. The van der Waals surface area contributed by atoms with E-state index in [0.29, 0.717) is 6.92 Å². The molecular formula is C3H8F4IOP. The summed E-state index contributed by atoms with van der Waals surface area (Å²) in [7, 11) is 0. The number of alkyl halides is 3. The van der Waals surface area contributed by atoms with Gasteiger partial charge in [0.25, 0.3) is 0 Å². The van der Waals surface area contributed by atoms with Gasteiger partial charge in [-0.3, -0.25) is 4.70 Å². The Bertz CT molecular complexity index is 66.0. The SMILES string of the molecule is CC(O)C(F)(F)F.F.PI. The van der Waals surface area contributed by atoms with Crippen molar-refractivity contribution >= 4 is 28.9 Å². The first-order valence-corrected chi connectivity index (χ1v) is 6.08. The van der Waals surface area contributed by atoms with E-state index in [9.17, 15) is 13.2 Å². The van der Waals surface area contributed by atoms with Crippen LogP contribution in [0.3, 0.4) is 0 Å². The van der Waals surface area contributed by atoms with E-state index in [-0.39, 0.29) is 4.70 Å². The van der Waals surface area contributed by atoms with Crippen LogP contribution in [0.5, 0.6) is 0 Å². The number of hydrogen-bond donors (Lipinski definition) is 1. The average molecular weight is 294 g/mol. The molecule has 0 aromatic rings. The first-order chi connectivity index (χ1) is 3.94. The molecule has 0 spiro atoms. The van der Waals surface area contributed by atoms with Crippen molar-refractivity contribution in [3.8, 4) is 0 Å². The molecule has 0 aliphatic rings. The van der Waals surface area contributed by atoms with Gasteiger partial charge in [0.2, 0.25) is 0 Å². The average Bonchev–Trinajstić information content (AvgIpc) is 1.69. The van der Waals surface area contributed by atoms with Crippen LogP contribution in [0.15, 0.2) is 0 Å². The fourth-order valence-corrected chi connectivity index (χ4v) is 0. The van der Waals surface area contributed by atoms with Gasteiger partial charge in [0.15, 0.2) is 0 Å². The fraction of sp³-hybridized carbons (Fsp3) is 1.00. The van der Waals surface area contributed by atoms with Crippen molar-refractivity contribution in [2.45, 2.75) is 19.2 Å². The molecule has 0 bridgehead atoms. The first-order valence-electron chi connectivity index (χ1n) is 1.91. The van der Waals surface area contributed by atoms with E-state index in [4.69, 9.17) is 5.11 Å². The number of aliphatic hydroxyl groups excluding tert-OH is 1. The standard InChI is InChI=1S/C3H5F3O.FH.H2IP/c1-2(7)3(4,5)6;;1-2/h2,7H,1H3;1H;2H2. The first kappa shape index (κ1) is 17.1. The van der Waals surface area contributed by atoms with Crippen LogP contribution in [0.25, 0.3) is 0 Å². The van der Waals surface area contributed by atoms with Gasteiger partial charge in [0.1, 0.15) is 6.10 Å². The zero-order valence-corrected chi connectivity index (χ0v) is 8.33. The summed E-state index contributed by atoms with van der Waals surface area (Å²) in [4.78, 5) is 0. The van der Waals surface area contributed by atoms with E-state index in [2.05, 4.69) is 28.9 Å². The second kappa shape index (κ2) is 7.94. The van der Waals surface area contributed by atoms with Crippen molar-refractivity contribution in [3.63, 3.8) is 0 Å². The van der Waals surface area contributed by atoms with Gasteiger partial charge < -0.3 is 5.11 Å². The molecule has 0 aliphatic carbocycles. The summed E-state index contributed by atoms with van der Waals surface area (Å²) in [6, 6.07) is 0. The summed E-state index contributed by atoms with van der Waals surface area (Å²) in [6.07, 6.45) is -6.65. The summed E-state index contributed by atoms with van der Waals surface area (Å²) < 4.78 is 32.8. The molecule has 2 atom stereocenters. The highest BCUT2D eigenvalue weighted by atomic mass is 127. The Morgan fingerprint density at radius 2 is 1.50 bits per heavy atom. The van der Waals surface area contributed by atoms with Crippen LogP contribution >= 0.6 is 28.9 Å². The number of aliphatic hydroxyl groups is 1. The summed E-state index contributed by atoms with van der Waals surface area (Å²) in [5.74, 6) is 0. The Balaban J connectivity index is -0.000000149. The molecule has 10 heavy (non-hydrogen) atoms. The van der Waals surface area contributed by atoms with Crippen LogP contribution in [0.1, 0.15) is 6.92 Å². The van der Waals surface area contributed by atoms with Crippen molar-refractivity contribution in [1.29, 1.82) is 0 Å². The maximum atomic E-state index is 10.9. The monoisotopic (exact) mass is 294 g/mol. The molecule has 0 rings (SSSR count).